The van der Waals surface area contributed by atoms with Gasteiger partial charge in [0, 0.05) is 10.4 Å². The molecule has 17 heavy (non-hydrogen) atoms. The van der Waals surface area contributed by atoms with E-state index in [-0.39, 0.29) is 11.9 Å². The predicted molar refractivity (Wildman–Crippen MR) is 69.6 cm³/mol. The van der Waals surface area contributed by atoms with E-state index in [1.807, 2.05) is 13.0 Å². The van der Waals surface area contributed by atoms with Gasteiger partial charge in [0.25, 0.3) is 0 Å². The van der Waals surface area contributed by atoms with E-state index >= 15 is 0 Å². The topological polar surface area (TPSA) is 38.0 Å². The fourth-order valence-corrected chi connectivity index (χ4v) is 2.83. The summed E-state index contributed by atoms with van der Waals surface area (Å²) in [4.78, 5) is 0.891. The molecule has 1 aromatic heterocycles. The molecule has 3 N–H and O–H groups in total. The van der Waals surface area contributed by atoms with Gasteiger partial charge in [0.15, 0.2) is 0 Å². The van der Waals surface area contributed by atoms with Gasteiger partial charge in [0.05, 0.1) is 10.4 Å². The minimum atomic E-state index is -0.368. The average Bonchev–Trinajstić information content (AvgIpc) is 2.71. The van der Waals surface area contributed by atoms with Gasteiger partial charge in [-0.15, -0.1) is 11.3 Å². The molecule has 90 valence electrons. The second-order valence-electron chi connectivity index (χ2n) is 3.77. The Morgan fingerprint density at radius 3 is 2.71 bits per heavy atom. The lowest BCUT2D eigenvalue weighted by molar-refractivity contribution is 0.563. The maximum absolute atomic E-state index is 13.8. The first-order valence-electron chi connectivity index (χ1n) is 5.09. The molecule has 1 heterocycles. The van der Waals surface area contributed by atoms with E-state index in [9.17, 15) is 4.39 Å². The van der Waals surface area contributed by atoms with Gasteiger partial charge in [-0.25, -0.2) is 9.82 Å². The zero-order valence-corrected chi connectivity index (χ0v) is 10.8. The van der Waals surface area contributed by atoms with Gasteiger partial charge >= 0.3 is 0 Å². The molecule has 0 saturated carbocycles. The molecule has 0 saturated heterocycles. The van der Waals surface area contributed by atoms with Crippen molar-refractivity contribution in [2.45, 2.75) is 13.0 Å². The van der Waals surface area contributed by atoms with E-state index in [1.54, 1.807) is 18.2 Å². The van der Waals surface area contributed by atoms with Crippen molar-refractivity contribution in [1.29, 1.82) is 0 Å². The maximum atomic E-state index is 13.8. The molecule has 5 heteroatoms. The molecule has 0 aliphatic heterocycles. The van der Waals surface area contributed by atoms with Gasteiger partial charge in [0.1, 0.15) is 5.82 Å². The summed E-state index contributed by atoms with van der Waals surface area (Å²) in [5, 5.41) is 0. The lowest BCUT2D eigenvalue weighted by atomic mass is 10.0. The number of rotatable bonds is 3. The van der Waals surface area contributed by atoms with Crippen LogP contribution in [0.1, 0.15) is 22.0 Å². The summed E-state index contributed by atoms with van der Waals surface area (Å²) in [6.07, 6.45) is 0. The van der Waals surface area contributed by atoms with Crippen LogP contribution in [-0.2, 0) is 0 Å². The van der Waals surface area contributed by atoms with Crippen LogP contribution in [0.2, 0.25) is 4.34 Å². The summed E-state index contributed by atoms with van der Waals surface area (Å²) in [6.45, 7) is 1.91. The Morgan fingerprint density at radius 1 is 1.35 bits per heavy atom. The minimum absolute atomic E-state index is 0.275. The second-order valence-corrected chi connectivity index (χ2v) is 5.51. The Bertz CT molecular complexity index is 527. The number of benzene rings is 1. The highest BCUT2D eigenvalue weighted by Crippen LogP contribution is 2.31. The van der Waals surface area contributed by atoms with Crippen LogP contribution in [0.4, 0.5) is 4.39 Å². The quantitative estimate of drug-likeness (QED) is 0.663. The summed E-state index contributed by atoms with van der Waals surface area (Å²) in [7, 11) is 0. The number of thiophene rings is 1. The van der Waals surface area contributed by atoms with Crippen LogP contribution < -0.4 is 11.3 Å². The Labute approximate surface area is 108 Å². The van der Waals surface area contributed by atoms with Crippen LogP contribution in [0.5, 0.6) is 0 Å². The van der Waals surface area contributed by atoms with Gasteiger partial charge in [0.2, 0.25) is 0 Å². The first-order chi connectivity index (χ1) is 8.11. The Hall–Kier alpha value is -0.940. The zero-order chi connectivity index (χ0) is 12.4. The van der Waals surface area contributed by atoms with E-state index in [4.69, 9.17) is 17.4 Å². The summed E-state index contributed by atoms with van der Waals surface area (Å²) >= 11 is 7.26. The third-order valence-electron chi connectivity index (χ3n) is 2.51. The molecule has 0 radical (unpaired) electrons. The summed E-state index contributed by atoms with van der Waals surface area (Å²) in [5.74, 6) is 5.24. The van der Waals surface area contributed by atoms with Crippen LogP contribution in [0, 0.1) is 12.7 Å². The van der Waals surface area contributed by atoms with Crippen LogP contribution in [0.15, 0.2) is 30.3 Å². The summed E-state index contributed by atoms with van der Waals surface area (Å²) in [6, 6.07) is 8.22. The van der Waals surface area contributed by atoms with Gasteiger partial charge in [-0.1, -0.05) is 29.3 Å². The molecule has 0 aliphatic carbocycles. The van der Waals surface area contributed by atoms with Gasteiger partial charge in [-0.3, -0.25) is 5.84 Å². The monoisotopic (exact) mass is 270 g/mol. The summed E-state index contributed by atoms with van der Waals surface area (Å²) in [5.41, 5.74) is 4.15. The molecule has 2 nitrogen and oxygen atoms in total. The van der Waals surface area contributed by atoms with E-state index in [0.717, 1.165) is 10.4 Å². The van der Waals surface area contributed by atoms with Crippen molar-refractivity contribution in [2.75, 3.05) is 0 Å². The van der Waals surface area contributed by atoms with Crippen LogP contribution in [0.25, 0.3) is 0 Å². The number of nitrogens with two attached hydrogens (primary N) is 1. The number of halogens is 2. The molecule has 1 aromatic carbocycles. The predicted octanol–water partition coefficient (Wildman–Crippen LogP) is 3.40. The Morgan fingerprint density at radius 2 is 2.12 bits per heavy atom. The van der Waals surface area contributed by atoms with Crippen molar-refractivity contribution >= 4 is 22.9 Å². The normalized spacial score (nSPS) is 12.7. The molecule has 1 atom stereocenters. The fraction of sp³-hybridized carbons (Fsp3) is 0.167. The van der Waals surface area contributed by atoms with E-state index in [1.165, 1.54) is 17.4 Å². The number of hydrogen-bond donors (Lipinski definition) is 2. The standard InChI is InChI=1S/C12H12ClFN2S/c1-7-2-3-9(14)8(6-7)12(16-15)10-4-5-11(13)17-10/h2-6,12,16H,15H2,1H3. The molecule has 2 rings (SSSR count). The molecule has 0 spiro atoms. The van der Waals surface area contributed by atoms with Crippen molar-refractivity contribution in [2.24, 2.45) is 5.84 Å². The molecule has 0 bridgehead atoms. The largest absolute Gasteiger partial charge is 0.271 e. The lowest BCUT2D eigenvalue weighted by Crippen LogP contribution is -2.29. The molecule has 0 aliphatic rings. The van der Waals surface area contributed by atoms with Crippen LogP contribution in [-0.4, -0.2) is 0 Å². The fourth-order valence-electron chi connectivity index (χ4n) is 1.69. The maximum Gasteiger partial charge on any atom is 0.128 e. The van der Waals surface area contributed by atoms with Crippen molar-refractivity contribution < 1.29 is 4.39 Å². The van der Waals surface area contributed by atoms with Gasteiger partial charge in [-0.2, -0.15) is 0 Å². The molecular formula is C12H12ClFN2S. The van der Waals surface area contributed by atoms with Crippen LogP contribution in [0.3, 0.4) is 0 Å². The van der Waals surface area contributed by atoms with E-state index < -0.39 is 0 Å². The molecular weight excluding hydrogens is 259 g/mol. The number of hydrogen-bond acceptors (Lipinski definition) is 3. The zero-order valence-electron chi connectivity index (χ0n) is 9.21. The third kappa shape index (κ3) is 2.66. The van der Waals surface area contributed by atoms with E-state index in [0.29, 0.717) is 9.90 Å². The average molecular weight is 271 g/mol. The molecule has 1 unspecified atom stereocenters. The minimum Gasteiger partial charge on any atom is -0.271 e. The van der Waals surface area contributed by atoms with E-state index in [2.05, 4.69) is 5.43 Å². The van der Waals surface area contributed by atoms with Gasteiger partial charge < -0.3 is 0 Å². The van der Waals surface area contributed by atoms with Crippen molar-refractivity contribution in [3.8, 4) is 0 Å². The van der Waals surface area contributed by atoms with Crippen molar-refractivity contribution in [1.82, 2.24) is 5.43 Å². The van der Waals surface area contributed by atoms with Crippen molar-refractivity contribution in [3.63, 3.8) is 0 Å². The molecule has 0 amide bonds. The van der Waals surface area contributed by atoms with Crippen molar-refractivity contribution in [3.05, 3.63) is 56.5 Å². The number of nitrogens with one attached hydrogen (secondary N) is 1. The second kappa shape index (κ2) is 5.14. The van der Waals surface area contributed by atoms with Gasteiger partial charge in [-0.05, 0) is 25.1 Å². The molecule has 2 aromatic rings. The highest BCUT2D eigenvalue weighted by atomic mass is 35.5. The first kappa shape index (κ1) is 12.5. The third-order valence-corrected chi connectivity index (χ3v) is 3.80. The first-order valence-corrected chi connectivity index (χ1v) is 6.28. The Balaban J connectivity index is 2.45. The smallest absolute Gasteiger partial charge is 0.128 e. The summed E-state index contributed by atoms with van der Waals surface area (Å²) < 4.78 is 14.4. The highest BCUT2D eigenvalue weighted by Gasteiger charge is 2.18. The number of aryl methyl sites for hydroxylation is 1. The SMILES string of the molecule is Cc1ccc(F)c(C(NN)c2ccc(Cl)s2)c1. The Kier molecular flexibility index (Phi) is 3.79. The number of hydrazine groups is 1. The van der Waals surface area contributed by atoms with Crippen LogP contribution >= 0.6 is 22.9 Å². The lowest BCUT2D eigenvalue weighted by Gasteiger charge is -2.16. The highest BCUT2D eigenvalue weighted by molar-refractivity contribution is 7.16. The molecule has 0 fully saturated rings.